The van der Waals surface area contributed by atoms with Crippen molar-refractivity contribution in [1.29, 1.82) is 0 Å². The minimum atomic E-state index is -4.86. The molecule has 0 unspecified atom stereocenters. The zero-order valence-electron chi connectivity index (χ0n) is 14.5. The van der Waals surface area contributed by atoms with Gasteiger partial charge < -0.3 is 5.32 Å². The Morgan fingerprint density at radius 2 is 1.79 bits per heavy atom. The van der Waals surface area contributed by atoms with E-state index in [4.69, 9.17) is 11.6 Å². The minimum absolute atomic E-state index is 0.103. The number of aromatic nitrogens is 2. The van der Waals surface area contributed by atoms with E-state index in [0.717, 1.165) is 4.57 Å². The Labute approximate surface area is 166 Å². The average molecular weight is 425 g/mol. The van der Waals surface area contributed by atoms with Gasteiger partial charge in [-0.15, -0.1) is 0 Å². The van der Waals surface area contributed by atoms with Crippen LogP contribution in [0.2, 0.25) is 5.02 Å². The first kappa shape index (κ1) is 20.3. The summed E-state index contributed by atoms with van der Waals surface area (Å²) in [5.41, 5.74) is -2.28. The van der Waals surface area contributed by atoms with E-state index in [1.165, 1.54) is 24.3 Å². The number of alkyl halides is 3. The number of nitrogens with zero attached hydrogens (tertiary/aromatic N) is 3. The van der Waals surface area contributed by atoms with Crippen LogP contribution in [-0.4, -0.2) is 14.5 Å². The quantitative estimate of drug-likeness (QED) is 0.477. The highest BCUT2D eigenvalue weighted by Gasteiger charge is 2.34. The summed E-state index contributed by atoms with van der Waals surface area (Å²) in [7, 11) is 0. The van der Waals surface area contributed by atoms with E-state index in [1.807, 2.05) is 0 Å². The molecule has 150 valence electrons. The Bertz CT molecular complexity index is 1110. The molecule has 0 radical (unpaired) electrons. The fourth-order valence-corrected chi connectivity index (χ4v) is 2.66. The molecular weight excluding hydrogens is 413 g/mol. The number of halogens is 4. The summed E-state index contributed by atoms with van der Waals surface area (Å²) in [5.74, 6) is -0.478. The lowest BCUT2D eigenvalue weighted by Gasteiger charge is -2.16. The topological polar surface area (TPSA) is 90.1 Å². The van der Waals surface area contributed by atoms with Gasteiger partial charge in [-0.05, 0) is 23.8 Å². The first-order chi connectivity index (χ1) is 13.6. The predicted molar refractivity (Wildman–Crippen MR) is 100 cm³/mol. The van der Waals surface area contributed by atoms with Crippen LogP contribution in [0.1, 0.15) is 11.3 Å². The molecule has 0 saturated heterocycles. The van der Waals surface area contributed by atoms with Crippen molar-refractivity contribution < 1.29 is 18.1 Å². The zero-order chi connectivity index (χ0) is 21.2. The zero-order valence-corrected chi connectivity index (χ0v) is 15.2. The van der Waals surface area contributed by atoms with Crippen molar-refractivity contribution in [2.45, 2.75) is 12.7 Å². The van der Waals surface area contributed by atoms with Crippen molar-refractivity contribution in [1.82, 2.24) is 9.55 Å². The van der Waals surface area contributed by atoms with Gasteiger partial charge in [-0.25, -0.2) is 4.98 Å². The van der Waals surface area contributed by atoms with Gasteiger partial charge in [0.05, 0.1) is 11.5 Å². The van der Waals surface area contributed by atoms with Gasteiger partial charge in [0.25, 0.3) is 11.2 Å². The van der Waals surface area contributed by atoms with Gasteiger partial charge in [-0.3, -0.25) is 19.5 Å². The van der Waals surface area contributed by atoms with Gasteiger partial charge in [0.2, 0.25) is 5.95 Å². The minimum Gasteiger partial charge on any atom is -0.320 e. The molecule has 0 fully saturated rings. The highest BCUT2D eigenvalue weighted by Crippen LogP contribution is 2.30. The van der Waals surface area contributed by atoms with Crippen LogP contribution >= 0.6 is 11.6 Å². The standard InChI is InChI=1S/C18H12ClF3N4O3/c19-12-7-5-11(6-8-12)10-25-16(27)9-15(18(20,21)22)24-17(25)23-13-3-1-2-4-14(13)26(28)29/h1-9H,10H2,(H,23,24). The van der Waals surface area contributed by atoms with Crippen LogP contribution in [0.25, 0.3) is 0 Å². The summed E-state index contributed by atoms with van der Waals surface area (Å²) >= 11 is 5.82. The van der Waals surface area contributed by atoms with Gasteiger partial charge in [-0.2, -0.15) is 13.2 Å². The lowest BCUT2D eigenvalue weighted by atomic mass is 10.2. The van der Waals surface area contributed by atoms with Gasteiger partial charge in [0.1, 0.15) is 5.69 Å². The lowest BCUT2D eigenvalue weighted by Crippen LogP contribution is -2.27. The molecule has 11 heteroatoms. The van der Waals surface area contributed by atoms with Crippen molar-refractivity contribution in [3.8, 4) is 0 Å². The van der Waals surface area contributed by atoms with E-state index in [9.17, 15) is 28.1 Å². The molecule has 0 atom stereocenters. The second-order valence-corrected chi connectivity index (χ2v) is 6.35. The van der Waals surface area contributed by atoms with Crippen LogP contribution < -0.4 is 10.9 Å². The molecule has 0 bridgehead atoms. The van der Waals surface area contributed by atoms with Crippen LogP contribution in [0.3, 0.4) is 0 Å². The maximum Gasteiger partial charge on any atom is 0.433 e. The third-order valence-corrected chi connectivity index (χ3v) is 4.15. The first-order valence-corrected chi connectivity index (χ1v) is 8.47. The number of benzene rings is 2. The molecule has 2 aromatic carbocycles. The highest BCUT2D eigenvalue weighted by molar-refractivity contribution is 6.30. The van der Waals surface area contributed by atoms with Crippen LogP contribution in [0, 0.1) is 10.1 Å². The molecule has 0 aliphatic heterocycles. The van der Waals surface area contributed by atoms with E-state index in [1.54, 1.807) is 24.3 Å². The number of rotatable bonds is 5. The molecular formula is C18H12ClF3N4O3. The molecule has 0 aliphatic rings. The highest BCUT2D eigenvalue weighted by atomic mass is 35.5. The second-order valence-electron chi connectivity index (χ2n) is 5.91. The molecule has 0 aliphatic carbocycles. The molecule has 0 amide bonds. The Balaban J connectivity index is 2.12. The molecule has 1 N–H and O–H groups in total. The third kappa shape index (κ3) is 4.72. The number of para-hydroxylation sites is 2. The van der Waals surface area contributed by atoms with E-state index in [0.29, 0.717) is 16.7 Å². The SMILES string of the molecule is O=c1cc(C(F)(F)F)nc(Nc2ccccc2[N+](=O)[O-])n1Cc1ccc(Cl)cc1. The van der Waals surface area contributed by atoms with E-state index in [-0.39, 0.29) is 17.9 Å². The molecule has 3 aromatic rings. The van der Waals surface area contributed by atoms with Gasteiger partial charge >= 0.3 is 6.18 Å². The van der Waals surface area contributed by atoms with Gasteiger partial charge in [0.15, 0.2) is 5.69 Å². The van der Waals surface area contributed by atoms with E-state index >= 15 is 0 Å². The first-order valence-electron chi connectivity index (χ1n) is 8.09. The number of hydrogen-bond donors (Lipinski definition) is 1. The largest absolute Gasteiger partial charge is 0.433 e. The van der Waals surface area contributed by atoms with Crippen LogP contribution in [0.15, 0.2) is 59.4 Å². The Morgan fingerprint density at radius 1 is 1.14 bits per heavy atom. The summed E-state index contributed by atoms with van der Waals surface area (Å²) in [4.78, 5) is 26.4. The number of nitro groups is 1. The summed E-state index contributed by atoms with van der Waals surface area (Å²) in [6, 6.07) is 12.1. The Hall–Kier alpha value is -3.40. The molecule has 1 aromatic heterocycles. The smallest absolute Gasteiger partial charge is 0.320 e. The average Bonchev–Trinajstić information content (AvgIpc) is 2.65. The maximum absolute atomic E-state index is 13.1. The summed E-state index contributed by atoms with van der Waals surface area (Å²) in [6.07, 6.45) is -4.86. The molecule has 7 nitrogen and oxygen atoms in total. The third-order valence-electron chi connectivity index (χ3n) is 3.90. The van der Waals surface area contributed by atoms with E-state index in [2.05, 4.69) is 10.3 Å². The fraction of sp³-hybridized carbons (Fsp3) is 0.111. The second kappa shape index (κ2) is 7.92. The summed E-state index contributed by atoms with van der Waals surface area (Å²) in [5, 5.41) is 14.1. The number of nitro benzene ring substituents is 1. The normalized spacial score (nSPS) is 11.3. The number of nitrogens with one attached hydrogen (secondary N) is 1. The van der Waals surface area contributed by atoms with Crippen LogP contribution in [0.4, 0.5) is 30.5 Å². The summed E-state index contributed by atoms with van der Waals surface area (Å²) in [6.45, 7) is -0.121. The molecule has 1 heterocycles. The molecule has 3 rings (SSSR count). The van der Waals surface area contributed by atoms with Crippen molar-refractivity contribution in [2.75, 3.05) is 5.32 Å². The fourth-order valence-electron chi connectivity index (χ4n) is 2.53. The Morgan fingerprint density at radius 3 is 2.41 bits per heavy atom. The van der Waals surface area contributed by atoms with Gasteiger partial charge in [0, 0.05) is 17.2 Å². The monoisotopic (exact) mass is 424 g/mol. The van der Waals surface area contributed by atoms with Crippen molar-refractivity contribution in [3.63, 3.8) is 0 Å². The van der Waals surface area contributed by atoms with Crippen molar-refractivity contribution in [2.24, 2.45) is 0 Å². The van der Waals surface area contributed by atoms with Crippen molar-refractivity contribution in [3.05, 3.63) is 91.3 Å². The Kier molecular flexibility index (Phi) is 5.55. The number of hydrogen-bond acceptors (Lipinski definition) is 5. The maximum atomic E-state index is 13.1. The molecule has 0 spiro atoms. The predicted octanol–water partition coefficient (Wildman–Crippen LogP) is 4.62. The van der Waals surface area contributed by atoms with Gasteiger partial charge in [-0.1, -0.05) is 35.9 Å². The van der Waals surface area contributed by atoms with Crippen molar-refractivity contribution >= 4 is 28.9 Å². The van der Waals surface area contributed by atoms with E-state index < -0.39 is 28.3 Å². The number of anilines is 2. The van der Waals surface area contributed by atoms with Crippen LogP contribution in [-0.2, 0) is 12.7 Å². The lowest BCUT2D eigenvalue weighted by molar-refractivity contribution is -0.383. The molecule has 29 heavy (non-hydrogen) atoms. The van der Waals surface area contributed by atoms with Crippen LogP contribution in [0.5, 0.6) is 0 Å². The molecule has 0 saturated carbocycles. The summed E-state index contributed by atoms with van der Waals surface area (Å²) < 4.78 is 40.4.